The van der Waals surface area contributed by atoms with E-state index in [0.717, 1.165) is 0 Å². The van der Waals surface area contributed by atoms with Crippen molar-refractivity contribution in [1.82, 2.24) is 9.88 Å². The number of pyridine rings is 1. The molecule has 0 saturated carbocycles. The second-order valence-electron chi connectivity index (χ2n) is 6.37. The van der Waals surface area contributed by atoms with Gasteiger partial charge in [-0.2, -0.15) is 0 Å². The zero-order chi connectivity index (χ0) is 16.8. The van der Waals surface area contributed by atoms with E-state index in [-0.39, 0.29) is 18.4 Å². The molecule has 2 heterocycles. The molecule has 120 valence electrons. The molecule has 3 rings (SSSR count). The topological polar surface area (TPSA) is 70.5 Å². The maximum Gasteiger partial charge on any atom is 0.311 e. The highest BCUT2D eigenvalue weighted by Crippen LogP contribution is 2.36. The number of nitrogens with zero attached hydrogens (tertiary/aromatic N) is 2. The lowest BCUT2D eigenvalue weighted by Crippen LogP contribution is -2.36. The van der Waals surface area contributed by atoms with Crippen molar-refractivity contribution >= 4 is 22.8 Å². The Labute approximate surface area is 132 Å². The largest absolute Gasteiger partial charge is 0.481 e. The summed E-state index contributed by atoms with van der Waals surface area (Å²) in [6.07, 6.45) is 1.45. The standard InChI is InChI=1S/C17H17FN2O3/c1-10-8-20(9-17(10,2)16(22)23)15(21)12-5-11-6-13(18)3-4-14(11)19-7-12/h3-7,10H,8-9H2,1-2H3,(H,22,23)/t10-,17-/m1/s1. The predicted molar refractivity (Wildman–Crippen MR) is 82.5 cm³/mol. The van der Waals surface area contributed by atoms with Crippen molar-refractivity contribution in [3.63, 3.8) is 0 Å². The molecule has 0 radical (unpaired) electrons. The van der Waals surface area contributed by atoms with E-state index in [1.807, 2.05) is 6.92 Å². The van der Waals surface area contributed by atoms with Crippen LogP contribution in [0.25, 0.3) is 10.9 Å². The smallest absolute Gasteiger partial charge is 0.311 e. The van der Waals surface area contributed by atoms with Gasteiger partial charge in [-0.25, -0.2) is 4.39 Å². The van der Waals surface area contributed by atoms with Crippen LogP contribution < -0.4 is 0 Å². The van der Waals surface area contributed by atoms with Crippen LogP contribution in [0.4, 0.5) is 4.39 Å². The molecule has 1 amide bonds. The number of aliphatic carboxylic acids is 1. The molecule has 0 bridgehead atoms. The van der Waals surface area contributed by atoms with E-state index in [9.17, 15) is 19.1 Å². The zero-order valence-corrected chi connectivity index (χ0v) is 12.9. The normalized spacial score (nSPS) is 24.1. The molecular formula is C17H17FN2O3. The summed E-state index contributed by atoms with van der Waals surface area (Å²) in [5.41, 5.74) is -0.00969. The Hall–Kier alpha value is -2.50. The van der Waals surface area contributed by atoms with Gasteiger partial charge < -0.3 is 10.0 Å². The predicted octanol–water partition coefficient (Wildman–Crippen LogP) is 2.56. The summed E-state index contributed by atoms with van der Waals surface area (Å²) in [5, 5.41) is 9.94. The Kier molecular flexibility index (Phi) is 3.55. The van der Waals surface area contributed by atoms with E-state index in [2.05, 4.69) is 4.98 Å². The Morgan fingerprint density at radius 3 is 2.78 bits per heavy atom. The zero-order valence-electron chi connectivity index (χ0n) is 12.9. The Morgan fingerprint density at radius 1 is 1.39 bits per heavy atom. The number of carboxylic acids is 1. The highest BCUT2D eigenvalue weighted by Gasteiger charge is 2.47. The SMILES string of the molecule is C[C@@H]1CN(C(=O)c2cnc3ccc(F)cc3c2)C[C@@]1(C)C(=O)O. The summed E-state index contributed by atoms with van der Waals surface area (Å²) < 4.78 is 13.3. The van der Waals surface area contributed by atoms with Gasteiger partial charge >= 0.3 is 5.97 Å². The van der Waals surface area contributed by atoms with Crippen molar-refractivity contribution < 1.29 is 19.1 Å². The molecule has 0 unspecified atom stereocenters. The molecule has 1 N–H and O–H groups in total. The molecule has 2 atom stereocenters. The summed E-state index contributed by atoms with van der Waals surface area (Å²) in [4.78, 5) is 29.8. The number of halogens is 1. The summed E-state index contributed by atoms with van der Waals surface area (Å²) in [7, 11) is 0. The average Bonchev–Trinajstić information content (AvgIpc) is 2.82. The number of carbonyl (C=O) groups is 2. The fraction of sp³-hybridized carbons (Fsp3) is 0.353. The van der Waals surface area contributed by atoms with E-state index in [0.29, 0.717) is 23.0 Å². The van der Waals surface area contributed by atoms with E-state index in [1.165, 1.54) is 23.2 Å². The van der Waals surface area contributed by atoms with Crippen LogP contribution in [0.2, 0.25) is 0 Å². The highest BCUT2D eigenvalue weighted by molar-refractivity contribution is 5.98. The third-order valence-electron chi connectivity index (χ3n) is 4.77. The van der Waals surface area contributed by atoms with Gasteiger partial charge in [0.1, 0.15) is 5.82 Å². The first-order chi connectivity index (χ1) is 10.8. The maximum atomic E-state index is 13.3. The molecule has 1 fully saturated rings. The number of rotatable bonds is 2. The molecule has 6 heteroatoms. The van der Waals surface area contributed by atoms with Crippen molar-refractivity contribution in [2.75, 3.05) is 13.1 Å². The molecule has 0 aliphatic carbocycles. The number of amides is 1. The van der Waals surface area contributed by atoms with Gasteiger partial charge in [-0.15, -0.1) is 0 Å². The molecule has 0 spiro atoms. The van der Waals surface area contributed by atoms with Gasteiger partial charge in [0.25, 0.3) is 5.91 Å². The molecule has 1 aromatic carbocycles. The number of hydrogen-bond donors (Lipinski definition) is 1. The third kappa shape index (κ3) is 2.54. The lowest BCUT2D eigenvalue weighted by atomic mass is 9.81. The molecule has 1 aromatic heterocycles. The van der Waals surface area contributed by atoms with Gasteiger partial charge in [-0.3, -0.25) is 14.6 Å². The maximum absolute atomic E-state index is 13.3. The van der Waals surface area contributed by atoms with Crippen molar-refractivity contribution in [3.8, 4) is 0 Å². The van der Waals surface area contributed by atoms with Gasteiger partial charge in [0.2, 0.25) is 0 Å². The molecule has 2 aromatic rings. The molecule has 1 saturated heterocycles. The van der Waals surface area contributed by atoms with Crippen LogP contribution in [0.3, 0.4) is 0 Å². The second kappa shape index (κ2) is 5.30. The van der Waals surface area contributed by atoms with Crippen molar-refractivity contribution in [1.29, 1.82) is 0 Å². The summed E-state index contributed by atoms with van der Waals surface area (Å²) in [6.45, 7) is 4.02. The molecule has 1 aliphatic heterocycles. The minimum absolute atomic E-state index is 0.144. The van der Waals surface area contributed by atoms with Gasteiger partial charge in [-0.05, 0) is 37.1 Å². The first-order valence-corrected chi connectivity index (χ1v) is 7.39. The second-order valence-corrected chi connectivity index (χ2v) is 6.37. The third-order valence-corrected chi connectivity index (χ3v) is 4.77. The van der Waals surface area contributed by atoms with Gasteiger partial charge in [0.05, 0.1) is 16.5 Å². The van der Waals surface area contributed by atoms with E-state index in [4.69, 9.17) is 0 Å². The Balaban J connectivity index is 1.91. The molecule has 5 nitrogen and oxygen atoms in total. The van der Waals surface area contributed by atoms with Crippen LogP contribution in [0.1, 0.15) is 24.2 Å². The first-order valence-electron chi connectivity index (χ1n) is 7.39. The summed E-state index contributed by atoms with van der Waals surface area (Å²) in [6, 6.07) is 5.79. The van der Waals surface area contributed by atoms with Crippen molar-refractivity contribution in [3.05, 3.63) is 41.8 Å². The quantitative estimate of drug-likeness (QED) is 0.924. The fourth-order valence-electron chi connectivity index (χ4n) is 2.98. The van der Waals surface area contributed by atoms with Crippen LogP contribution in [-0.2, 0) is 4.79 Å². The average molecular weight is 316 g/mol. The van der Waals surface area contributed by atoms with Crippen molar-refractivity contribution in [2.45, 2.75) is 13.8 Å². The van der Waals surface area contributed by atoms with Crippen LogP contribution in [-0.4, -0.2) is 40.0 Å². The molecule has 23 heavy (non-hydrogen) atoms. The summed E-state index contributed by atoms with van der Waals surface area (Å²) >= 11 is 0. The summed E-state index contributed by atoms with van der Waals surface area (Å²) in [5.74, 6) is -1.72. The number of benzene rings is 1. The Morgan fingerprint density at radius 2 is 2.13 bits per heavy atom. The van der Waals surface area contributed by atoms with Crippen LogP contribution in [0.5, 0.6) is 0 Å². The minimum atomic E-state index is -0.952. The van der Waals surface area contributed by atoms with Gasteiger partial charge in [0, 0.05) is 24.7 Å². The molecular weight excluding hydrogens is 299 g/mol. The van der Waals surface area contributed by atoms with Gasteiger partial charge in [0.15, 0.2) is 0 Å². The van der Waals surface area contributed by atoms with E-state index in [1.54, 1.807) is 19.1 Å². The number of fused-ring (bicyclic) bond motifs is 1. The van der Waals surface area contributed by atoms with Gasteiger partial charge in [-0.1, -0.05) is 6.92 Å². The molecule has 1 aliphatic rings. The number of aromatic nitrogens is 1. The van der Waals surface area contributed by atoms with Crippen molar-refractivity contribution in [2.24, 2.45) is 11.3 Å². The number of likely N-dealkylation sites (tertiary alicyclic amines) is 1. The van der Waals surface area contributed by atoms with E-state index >= 15 is 0 Å². The highest BCUT2D eigenvalue weighted by atomic mass is 19.1. The Bertz CT molecular complexity index is 808. The monoisotopic (exact) mass is 316 g/mol. The number of carbonyl (C=O) groups excluding carboxylic acids is 1. The first kappa shape index (κ1) is 15.4. The minimum Gasteiger partial charge on any atom is -0.481 e. The lowest BCUT2D eigenvalue weighted by Gasteiger charge is -2.22. The number of carboxylic acid groups (broad SMARTS) is 1. The van der Waals surface area contributed by atoms with Crippen LogP contribution >= 0.6 is 0 Å². The lowest BCUT2D eigenvalue weighted by molar-refractivity contribution is -0.148. The van der Waals surface area contributed by atoms with Crippen LogP contribution in [0.15, 0.2) is 30.5 Å². The number of hydrogen-bond acceptors (Lipinski definition) is 3. The van der Waals surface area contributed by atoms with E-state index < -0.39 is 17.2 Å². The van der Waals surface area contributed by atoms with Crippen LogP contribution in [0, 0.1) is 17.2 Å². The fourth-order valence-corrected chi connectivity index (χ4v) is 2.98.